The van der Waals surface area contributed by atoms with Crippen LogP contribution in [0.5, 0.6) is 0 Å². The molecular weight excluding hydrogens is 312 g/mol. The van der Waals surface area contributed by atoms with E-state index in [-0.39, 0.29) is 5.91 Å². The lowest BCUT2D eigenvalue weighted by Gasteiger charge is -2.09. The highest BCUT2D eigenvalue weighted by atomic mass is 16.1. The minimum atomic E-state index is -0.189. The number of pyridine rings is 1. The van der Waals surface area contributed by atoms with Gasteiger partial charge in [-0.15, -0.1) is 0 Å². The summed E-state index contributed by atoms with van der Waals surface area (Å²) in [4.78, 5) is 16.4. The molecule has 5 nitrogen and oxygen atoms in total. The van der Waals surface area contributed by atoms with E-state index in [4.69, 9.17) is 5.26 Å². The van der Waals surface area contributed by atoms with Crippen molar-refractivity contribution in [3.05, 3.63) is 89.7 Å². The van der Waals surface area contributed by atoms with Crippen LogP contribution in [0.25, 0.3) is 0 Å². The van der Waals surface area contributed by atoms with E-state index in [9.17, 15) is 4.79 Å². The average molecular weight is 328 g/mol. The average Bonchev–Trinajstić information content (AvgIpc) is 2.67. The fourth-order valence-electron chi connectivity index (χ4n) is 2.35. The second kappa shape index (κ2) is 7.75. The number of amides is 1. The molecule has 1 amide bonds. The molecule has 2 N–H and O–H groups in total. The fraction of sp³-hybridized carbons (Fsp3) is 0.0500. The van der Waals surface area contributed by atoms with Crippen LogP contribution in [-0.4, -0.2) is 10.9 Å². The highest BCUT2D eigenvalue weighted by molar-refractivity contribution is 5.94. The zero-order chi connectivity index (χ0) is 17.5. The number of rotatable bonds is 5. The van der Waals surface area contributed by atoms with Gasteiger partial charge in [-0.1, -0.05) is 36.4 Å². The van der Waals surface area contributed by atoms with Gasteiger partial charge in [-0.3, -0.25) is 9.78 Å². The fourth-order valence-corrected chi connectivity index (χ4v) is 2.35. The predicted octanol–water partition coefficient (Wildman–Crippen LogP) is 3.63. The number of nitriles is 1. The molecule has 0 atom stereocenters. The van der Waals surface area contributed by atoms with Crippen LogP contribution in [0.4, 0.5) is 11.4 Å². The van der Waals surface area contributed by atoms with Crippen LogP contribution in [0.15, 0.2) is 73.1 Å². The molecule has 0 radical (unpaired) electrons. The normalized spacial score (nSPS) is 9.88. The van der Waals surface area contributed by atoms with Crippen LogP contribution in [0.2, 0.25) is 0 Å². The van der Waals surface area contributed by atoms with Crippen molar-refractivity contribution in [3.8, 4) is 6.07 Å². The molecule has 0 aliphatic carbocycles. The molecule has 0 aliphatic heterocycles. The maximum Gasteiger partial charge on any atom is 0.253 e. The van der Waals surface area contributed by atoms with Gasteiger partial charge in [0.25, 0.3) is 5.91 Å². The largest absolute Gasteiger partial charge is 0.354 e. The number of nitrogens with one attached hydrogen (secondary N) is 2. The first-order valence-electron chi connectivity index (χ1n) is 7.79. The Bertz CT molecular complexity index is 916. The highest BCUT2D eigenvalue weighted by Gasteiger charge is 2.07. The standard InChI is InChI=1S/C20H16N4O/c21-11-16-7-4-8-18(9-16)24-19-10-17(13-22-14-19)20(25)23-12-15-5-2-1-3-6-15/h1-10,13-14,24H,12H2,(H,23,25). The third-order valence-electron chi connectivity index (χ3n) is 3.58. The molecule has 0 spiro atoms. The number of anilines is 2. The number of carbonyl (C=O) groups excluding carboxylic acids is 1. The highest BCUT2D eigenvalue weighted by Crippen LogP contribution is 2.17. The first-order chi connectivity index (χ1) is 12.2. The first kappa shape index (κ1) is 16.2. The van der Waals surface area contributed by atoms with Crippen LogP contribution in [0.3, 0.4) is 0 Å². The molecule has 2 aromatic carbocycles. The molecule has 3 rings (SSSR count). The Labute approximate surface area is 146 Å². The number of benzene rings is 2. The lowest BCUT2D eigenvalue weighted by atomic mass is 10.2. The number of hydrogen-bond donors (Lipinski definition) is 2. The molecule has 0 unspecified atom stereocenters. The Morgan fingerprint density at radius 1 is 1.00 bits per heavy atom. The van der Waals surface area contributed by atoms with Crippen molar-refractivity contribution < 1.29 is 4.79 Å². The van der Waals surface area contributed by atoms with Crippen molar-refractivity contribution in [2.75, 3.05) is 5.32 Å². The van der Waals surface area contributed by atoms with E-state index in [1.807, 2.05) is 36.4 Å². The Morgan fingerprint density at radius 2 is 1.84 bits per heavy atom. The zero-order valence-electron chi connectivity index (χ0n) is 13.4. The quantitative estimate of drug-likeness (QED) is 0.750. The second-order valence-corrected chi connectivity index (χ2v) is 5.45. The van der Waals surface area contributed by atoms with E-state index < -0.39 is 0 Å². The predicted molar refractivity (Wildman–Crippen MR) is 96.3 cm³/mol. The van der Waals surface area contributed by atoms with Gasteiger partial charge in [0.1, 0.15) is 0 Å². The van der Waals surface area contributed by atoms with Gasteiger partial charge in [-0.05, 0) is 29.8 Å². The summed E-state index contributed by atoms with van der Waals surface area (Å²) in [7, 11) is 0. The van der Waals surface area contributed by atoms with Gasteiger partial charge < -0.3 is 10.6 Å². The van der Waals surface area contributed by atoms with E-state index >= 15 is 0 Å². The van der Waals surface area contributed by atoms with E-state index in [0.717, 1.165) is 11.3 Å². The van der Waals surface area contributed by atoms with Crippen LogP contribution < -0.4 is 10.6 Å². The summed E-state index contributed by atoms with van der Waals surface area (Å²) in [5.41, 5.74) is 3.52. The number of nitrogens with zero attached hydrogens (tertiary/aromatic N) is 2. The molecule has 1 heterocycles. The number of carbonyl (C=O) groups is 1. The lowest BCUT2D eigenvalue weighted by Crippen LogP contribution is -2.22. The first-order valence-corrected chi connectivity index (χ1v) is 7.79. The summed E-state index contributed by atoms with van der Waals surface area (Å²) in [5.74, 6) is -0.189. The van der Waals surface area contributed by atoms with E-state index in [2.05, 4.69) is 21.7 Å². The molecule has 0 aliphatic rings. The monoisotopic (exact) mass is 328 g/mol. The summed E-state index contributed by atoms with van der Waals surface area (Å²) < 4.78 is 0. The summed E-state index contributed by atoms with van der Waals surface area (Å²) in [5, 5.41) is 15.0. The van der Waals surface area contributed by atoms with Crippen LogP contribution >= 0.6 is 0 Å². The van der Waals surface area contributed by atoms with Gasteiger partial charge in [-0.2, -0.15) is 5.26 Å². The van der Waals surface area contributed by atoms with Gasteiger partial charge in [0.2, 0.25) is 0 Å². The molecular formula is C20H16N4O. The van der Waals surface area contributed by atoms with E-state index in [0.29, 0.717) is 23.4 Å². The van der Waals surface area contributed by atoms with Crippen molar-refractivity contribution in [1.82, 2.24) is 10.3 Å². The van der Waals surface area contributed by atoms with Crippen molar-refractivity contribution >= 4 is 17.3 Å². The topological polar surface area (TPSA) is 77.8 Å². The molecule has 122 valence electrons. The Morgan fingerprint density at radius 3 is 2.64 bits per heavy atom. The maximum atomic E-state index is 12.3. The van der Waals surface area contributed by atoms with Crippen molar-refractivity contribution in [2.24, 2.45) is 0 Å². The Kier molecular flexibility index (Phi) is 5.03. The molecule has 0 fully saturated rings. The third-order valence-corrected chi connectivity index (χ3v) is 3.58. The Hall–Kier alpha value is -3.65. The molecule has 25 heavy (non-hydrogen) atoms. The van der Waals surface area contributed by atoms with Crippen molar-refractivity contribution in [2.45, 2.75) is 6.54 Å². The van der Waals surface area contributed by atoms with Gasteiger partial charge in [0.05, 0.1) is 29.1 Å². The smallest absolute Gasteiger partial charge is 0.253 e. The summed E-state index contributed by atoms with van der Waals surface area (Å²) in [6.45, 7) is 0.460. The molecule has 0 saturated heterocycles. The van der Waals surface area contributed by atoms with Gasteiger partial charge in [-0.25, -0.2) is 0 Å². The molecule has 0 saturated carbocycles. The van der Waals surface area contributed by atoms with E-state index in [1.54, 1.807) is 30.5 Å². The summed E-state index contributed by atoms with van der Waals surface area (Å²) >= 11 is 0. The van der Waals surface area contributed by atoms with Gasteiger partial charge in [0, 0.05) is 18.4 Å². The lowest BCUT2D eigenvalue weighted by molar-refractivity contribution is 0.0950. The SMILES string of the molecule is N#Cc1cccc(Nc2cncc(C(=O)NCc3ccccc3)c2)c1. The van der Waals surface area contributed by atoms with Crippen molar-refractivity contribution in [1.29, 1.82) is 5.26 Å². The van der Waals surface area contributed by atoms with Gasteiger partial charge >= 0.3 is 0 Å². The molecule has 5 heteroatoms. The summed E-state index contributed by atoms with van der Waals surface area (Å²) in [6.07, 6.45) is 3.16. The third kappa shape index (κ3) is 4.43. The molecule has 1 aromatic heterocycles. The van der Waals surface area contributed by atoms with E-state index in [1.165, 1.54) is 6.20 Å². The van der Waals surface area contributed by atoms with Gasteiger partial charge in [0.15, 0.2) is 0 Å². The van der Waals surface area contributed by atoms with Crippen LogP contribution in [0, 0.1) is 11.3 Å². The van der Waals surface area contributed by atoms with Crippen LogP contribution in [0.1, 0.15) is 21.5 Å². The Balaban J connectivity index is 1.68. The van der Waals surface area contributed by atoms with Crippen LogP contribution in [-0.2, 0) is 6.54 Å². The minimum Gasteiger partial charge on any atom is -0.354 e. The molecule has 3 aromatic rings. The maximum absolute atomic E-state index is 12.3. The second-order valence-electron chi connectivity index (χ2n) is 5.45. The minimum absolute atomic E-state index is 0.189. The number of aromatic nitrogens is 1. The summed E-state index contributed by atoms with van der Waals surface area (Å²) in [6, 6.07) is 20.7. The number of hydrogen-bond acceptors (Lipinski definition) is 4. The molecule has 0 bridgehead atoms. The van der Waals surface area contributed by atoms with Crippen molar-refractivity contribution in [3.63, 3.8) is 0 Å². The zero-order valence-corrected chi connectivity index (χ0v) is 13.4.